The van der Waals surface area contributed by atoms with E-state index in [9.17, 15) is 0 Å². The molecule has 1 saturated heterocycles. The van der Waals surface area contributed by atoms with Crippen LogP contribution in [0.4, 0.5) is 0 Å². The Hall–Kier alpha value is 0.270. The summed E-state index contributed by atoms with van der Waals surface area (Å²) >= 11 is 1.86. The summed E-state index contributed by atoms with van der Waals surface area (Å²) in [6.45, 7) is 5.01. The quantitative estimate of drug-likeness (QED) is 0.608. The third-order valence-corrected chi connectivity index (χ3v) is 3.68. The van der Waals surface area contributed by atoms with Crippen LogP contribution in [0.2, 0.25) is 0 Å². The van der Waals surface area contributed by atoms with E-state index in [-0.39, 0.29) is 0 Å². The van der Waals surface area contributed by atoms with Crippen molar-refractivity contribution in [1.82, 2.24) is 8.61 Å². The third kappa shape index (κ3) is 1.50. The summed E-state index contributed by atoms with van der Waals surface area (Å²) in [5.41, 5.74) is 0.752. The summed E-state index contributed by atoms with van der Waals surface area (Å²) < 4.78 is 4.64. The van der Waals surface area contributed by atoms with Crippen molar-refractivity contribution in [3.63, 3.8) is 0 Å². The fraction of sp³-hybridized carbons (Fsp3) is 1.00. The molecule has 0 N–H and O–H groups in total. The second-order valence-corrected chi connectivity index (χ2v) is 6.12. The van der Waals surface area contributed by atoms with Crippen molar-refractivity contribution in [3.8, 4) is 0 Å². The van der Waals surface area contributed by atoms with Gasteiger partial charge in [0.15, 0.2) is 0 Å². The molecule has 0 aromatic rings. The minimum atomic E-state index is 0.752. The van der Waals surface area contributed by atoms with Gasteiger partial charge in [-0.1, -0.05) is 6.92 Å². The van der Waals surface area contributed by atoms with Crippen LogP contribution in [0.3, 0.4) is 0 Å². The molecule has 1 saturated carbocycles. The van der Waals surface area contributed by atoms with E-state index in [2.05, 4.69) is 29.6 Å². The molecule has 0 unspecified atom stereocenters. The molecule has 0 atom stereocenters. The van der Waals surface area contributed by atoms with Crippen LogP contribution in [0, 0.1) is 11.3 Å². The molecule has 1 aliphatic carbocycles. The predicted molar refractivity (Wildman–Crippen MR) is 53.7 cm³/mol. The Morgan fingerprint density at radius 1 is 1.33 bits per heavy atom. The lowest BCUT2D eigenvalue weighted by atomic mass is 9.59. The molecule has 70 valence electrons. The van der Waals surface area contributed by atoms with Crippen LogP contribution in [0.1, 0.15) is 19.8 Å². The van der Waals surface area contributed by atoms with E-state index in [0.29, 0.717) is 0 Å². The summed E-state index contributed by atoms with van der Waals surface area (Å²) in [5.74, 6) is 0.997. The molecule has 0 bridgehead atoms. The van der Waals surface area contributed by atoms with Gasteiger partial charge in [-0.3, -0.25) is 0 Å². The molecule has 2 rings (SSSR count). The van der Waals surface area contributed by atoms with Crippen molar-refractivity contribution < 1.29 is 0 Å². The first-order chi connectivity index (χ1) is 5.60. The Balaban J connectivity index is 1.70. The maximum absolute atomic E-state index is 2.46. The minimum absolute atomic E-state index is 0.752. The first-order valence-corrected chi connectivity index (χ1v) is 5.43. The lowest BCUT2D eigenvalue weighted by Gasteiger charge is -2.58. The van der Waals surface area contributed by atoms with Crippen molar-refractivity contribution >= 4 is 12.1 Å². The zero-order valence-electron chi connectivity index (χ0n) is 8.21. The predicted octanol–water partition coefficient (Wildman–Crippen LogP) is 1.84. The van der Waals surface area contributed by atoms with Gasteiger partial charge in [0.25, 0.3) is 0 Å². The molecule has 2 nitrogen and oxygen atoms in total. The Bertz CT molecular complexity index is 167. The topological polar surface area (TPSA) is 6.48 Å². The lowest BCUT2D eigenvalue weighted by molar-refractivity contribution is -0.0421. The van der Waals surface area contributed by atoms with Crippen LogP contribution in [0.15, 0.2) is 0 Å². The molecule has 1 heterocycles. The highest BCUT2D eigenvalue weighted by molar-refractivity contribution is 7.94. The van der Waals surface area contributed by atoms with Gasteiger partial charge in [0.1, 0.15) is 0 Å². The average molecular weight is 186 g/mol. The lowest BCUT2D eigenvalue weighted by Crippen LogP contribution is -2.59. The van der Waals surface area contributed by atoms with Crippen molar-refractivity contribution in [2.75, 3.05) is 27.2 Å². The Morgan fingerprint density at radius 3 is 2.33 bits per heavy atom. The van der Waals surface area contributed by atoms with Gasteiger partial charge in [0.05, 0.1) is 0 Å². The number of rotatable bonds is 2. The molecule has 2 aliphatic rings. The van der Waals surface area contributed by atoms with Crippen LogP contribution >= 0.6 is 12.1 Å². The third-order valence-electron chi connectivity index (χ3n) is 2.87. The first kappa shape index (κ1) is 8.85. The van der Waals surface area contributed by atoms with Crippen LogP contribution in [0.25, 0.3) is 0 Å². The van der Waals surface area contributed by atoms with Gasteiger partial charge in [-0.25, -0.2) is 8.61 Å². The molecule has 0 aromatic carbocycles. The number of hydrogen-bond acceptors (Lipinski definition) is 3. The van der Waals surface area contributed by atoms with Gasteiger partial charge in [-0.15, -0.1) is 0 Å². The highest BCUT2D eigenvalue weighted by Gasteiger charge is 2.50. The molecule has 0 radical (unpaired) electrons. The fourth-order valence-electron chi connectivity index (χ4n) is 2.67. The van der Waals surface area contributed by atoms with Crippen LogP contribution in [-0.2, 0) is 0 Å². The number of nitrogens with zero attached hydrogens (tertiary/aromatic N) is 2. The first-order valence-electron chi connectivity index (χ1n) is 4.70. The Kier molecular flexibility index (Phi) is 2.13. The van der Waals surface area contributed by atoms with Crippen molar-refractivity contribution in [1.29, 1.82) is 0 Å². The van der Waals surface area contributed by atoms with Crippen molar-refractivity contribution in [2.45, 2.75) is 19.8 Å². The maximum Gasteiger partial charge on any atom is 0.0171 e. The highest BCUT2D eigenvalue weighted by Crippen LogP contribution is 2.53. The van der Waals surface area contributed by atoms with E-state index in [0.717, 1.165) is 11.3 Å². The van der Waals surface area contributed by atoms with Crippen LogP contribution < -0.4 is 0 Å². The highest BCUT2D eigenvalue weighted by atomic mass is 32.2. The zero-order valence-corrected chi connectivity index (χ0v) is 9.02. The molecule has 3 heteroatoms. The zero-order chi connectivity index (χ0) is 8.77. The smallest absolute Gasteiger partial charge is 0.0171 e. The molecular formula is C9H18N2S. The molecule has 0 amide bonds. The summed E-state index contributed by atoms with van der Waals surface area (Å²) in [7, 11) is 4.22. The summed E-state index contributed by atoms with van der Waals surface area (Å²) in [6, 6.07) is 0. The molecule has 1 spiro atoms. The van der Waals surface area contributed by atoms with Gasteiger partial charge < -0.3 is 0 Å². The van der Waals surface area contributed by atoms with Gasteiger partial charge in [0.2, 0.25) is 0 Å². The summed E-state index contributed by atoms with van der Waals surface area (Å²) in [4.78, 5) is 0. The fourth-order valence-corrected chi connectivity index (χ4v) is 3.79. The molecule has 12 heavy (non-hydrogen) atoms. The van der Waals surface area contributed by atoms with Crippen molar-refractivity contribution in [2.24, 2.45) is 11.3 Å². The molecule has 0 aromatic heterocycles. The molecular weight excluding hydrogens is 168 g/mol. The van der Waals surface area contributed by atoms with Gasteiger partial charge >= 0.3 is 0 Å². The second kappa shape index (κ2) is 2.89. The average Bonchev–Trinajstić information content (AvgIpc) is 1.78. The summed E-state index contributed by atoms with van der Waals surface area (Å²) in [5, 5.41) is 0. The largest absolute Gasteiger partial charge is 0.243 e. The molecule has 1 aliphatic heterocycles. The number of hydrogen-bond donors (Lipinski definition) is 0. The summed E-state index contributed by atoms with van der Waals surface area (Å²) in [6.07, 6.45) is 2.94. The molecule has 2 fully saturated rings. The van der Waals surface area contributed by atoms with Crippen molar-refractivity contribution in [3.05, 3.63) is 0 Å². The van der Waals surface area contributed by atoms with Gasteiger partial charge in [-0.2, -0.15) is 0 Å². The standard InChI is InChI=1S/C9H18N2S/c1-8-4-9(5-8)6-11(7-9)12-10(2)3/h8H,4-7H2,1-3H3. The Morgan fingerprint density at radius 2 is 1.92 bits per heavy atom. The maximum atomic E-state index is 2.46. The minimum Gasteiger partial charge on any atom is -0.243 e. The van der Waals surface area contributed by atoms with Gasteiger partial charge in [-0.05, 0) is 38.3 Å². The van der Waals surface area contributed by atoms with E-state index in [4.69, 9.17) is 0 Å². The van der Waals surface area contributed by atoms with E-state index >= 15 is 0 Å². The van der Waals surface area contributed by atoms with Crippen LogP contribution in [0.5, 0.6) is 0 Å². The van der Waals surface area contributed by atoms with Gasteiger partial charge in [0, 0.05) is 25.2 Å². The van der Waals surface area contributed by atoms with E-state index < -0.39 is 0 Å². The second-order valence-electron chi connectivity index (χ2n) is 4.71. The normalized spacial score (nSPS) is 29.0. The van der Waals surface area contributed by atoms with E-state index in [1.54, 1.807) is 0 Å². The monoisotopic (exact) mass is 186 g/mol. The Labute approximate surface area is 79.6 Å². The van der Waals surface area contributed by atoms with E-state index in [1.807, 2.05) is 12.1 Å². The SMILES string of the molecule is CC1CC2(C1)CN(SN(C)C)C2. The van der Waals surface area contributed by atoms with E-state index in [1.165, 1.54) is 25.9 Å². The van der Waals surface area contributed by atoms with Crippen LogP contribution in [-0.4, -0.2) is 35.8 Å².